The zero-order valence-electron chi connectivity index (χ0n) is 22.3. The molecule has 0 saturated heterocycles. The summed E-state index contributed by atoms with van der Waals surface area (Å²) in [4.78, 5) is 12.6. The Labute approximate surface area is 193 Å². The number of nitrogens with one attached hydrogen (secondary N) is 1. The van der Waals surface area contributed by atoms with Gasteiger partial charge in [-0.3, -0.25) is 0 Å². The molecule has 8 heteroatoms. The summed E-state index contributed by atoms with van der Waals surface area (Å²) < 4.78 is 19.2. The van der Waals surface area contributed by atoms with Gasteiger partial charge >= 0.3 is 6.09 Å². The molecule has 1 aliphatic rings. The van der Waals surface area contributed by atoms with Crippen LogP contribution < -0.4 is 5.32 Å². The van der Waals surface area contributed by atoms with Gasteiger partial charge < -0.3 is 24.0 Å². The van der Waals surface area contributed by atoms with Gasteiger partial charge in [0.05, 0.1) is 18.2 Å². The van der Waals surface area contributed by atoms with Gasteiger partial charge in [-0.2, -0.15) is 0 Å². The molecule has 6 nitrogen and oxygen atoms in total. The van der Waals surface area contributed by atoms with Crippen molar-refractivity contribution in [3.05, 3.63) is 0 Å². The number of aliphatic hydroxyl groups is 1. The van der Waals surface area contributed by atoms with Crippen LogP contribution >= 0.6 is 0 Å². The first-order valence-corrected chi connectivity index (χ1v) is 17.4. The highest BCUT2D eigenvalue weighted by atomic mass is 28.4. The Kier molecular flexibility index (Phi) is 8.72. The van der Waals surface area contributed by atoms with Crippen LogP contribution in [-0.2, 0) is 13.6 Å². The number of carbonyl (C=O) groups is 1. The monoisotopic (exact) mass is 475 g/mol. The maximum Gasteiger partial charge on any atom is 0.407 e. The molecule has 0 aromatic heterocycles. The van der Waals surface area contributed by atoms with Crippen molar-refractivity contribution >= 4 is 22.7 Å². The third kappa shape index (κ3) is 7.55. The lowest BCUT2D eigenvalue weighted by molar-refractivity contribution is 0.0106. The molecule has 0 radical (unpaired) electrons. The Hall–Kier alpha value is -0.416. The minimum absolute atomic E-state index is 0.00312. The molecule has 0 aromatic rings. The fourth-order valence-electron chi connectivity index (χ4n) is 3.22. The van der Waals surface area contributed by atoms with Gasteiger partial charge in [0.15, 0.2) is 16.6 Å². The van der Waals surface area contributed by atoms with Gasteiger partial charge in [-0.25, -0.2) is 4.79 Å². The van der Waals surface area contributed by atoms with E-state index in [0.29, 0.717) is 6.42 Å². The number of carbonyl (C=O) groups excluding carboxylic acids is 1. The smallest absolute Gasteiger partial charge is 0.407 e. The van der Waals surface area contributed by atoms with Crippen molar-refractivity contribution in [2.24, 2.45) is 5.92 Å². The van der Waals surface area contributed by atoms with Crippen molar-refractivity contribution in [3.63, 3.8) is 0 Å². The average Bonchev–Trinajstić information content (AvgIpc) is 2.79. The second-order valence-electron chi connectivity index (χ2n) is 13.1. The van der Waals surface area contributed by atoms with E-state index in [1.807, 2.05) is 20.8 Å². The summed E-state index contributed by atoms with van der Waals surface area (Å²) in [6.45, 7) is 27.7. The van der Waals surface area contributed by atoms with E-state index in [0.717, 1.165) is 0 Å². The molecule has 2 N–H and O–H groups in total. The third-order valence-corrected chi connectivity index (χ3v) is 16.1. The van der Waals surface area contributed by atoms with E-state index in [1.54, 1.807) is 0 Å². The van der Waals surface area contributed by atoms with Crippen LogP contribution in [-0.4, -0.2) is 58.3 Å². The van der Waals surface area contributed by atoms with Gasteiger partial charge in [-0.05, 0) is 63.5 Å². The van der Waals surface area contributed by atoms with Crippen molar-refractivity contribution in [1.29, 1.82) is 0 Å². The fourth-order valence-corrected chi connectivity index (χ4v) is 5.91. The van der Waals surface area contributed by atoms with E-state index >= 15 is 0 Å². The summed E-state index contributed by atoms with van der Waals surface area (Å²) >= 11 is 0. The molecule has 1 fully saturated rings. The first-order chi connectivity index (χ1) is 13.6. The highest BCUT2D eigenvalue weighted by molar-refractivity contribution is 6.74. The normalized spacial score (nSPS) is 26.1. The molecule has 1 aliphatic carbocycles. The lowest BCUT2D eigenvalue weighted by Gasteiger charge is -2.45. The SMILES string of the molecule is CC(C)(C)OC(=O)N[C@@H]1C[C@H](CO)[C@H](O[Si](C)(C)C(C)(C)C)[C@H]1O[Si](C)(C)C(C)(C)C. The van der Waals surface area contributed by atoms with Crippen LogP contribution in [0.1, 0.15) is 68.7 Å². The summed E-state index contributed by atoms with van der Waals surface area (Å²) in [5.74, 6) is -0.0937. The van der Waals surface area contributed by atoms with Crippen LogP contribution in [0, 0.1) is 5.92 Å². The van der Waals surface area contributed by atoms with Crippen LogP contribution in [0.3, 0.4) is 0 Å². The number of rotatable bonds is 6. The molecule has 184 valence electrons. The second-order valence-corrected chi connectivity index (χ2v) is 22.6. The van der Waals surface area contributed by atoms with Crippen LogP contribution in [0.2, 0.25) is 36.3 Å². The molecule has 1 rings (SSSR count). The molecule has 0 unspecified atom stereocenters. The van der Waals surface area contributed by atoms with Gasteiger partial charge in [0.25, 0.3) is 0 Å². The molecule has 0 aliphatic heterocycles. The lowest BCUT2D eigenvalue weighted by Crippen LogP contribution is -2.56. The van der Waals surface area contributed by atoms with Crippen molar-refractivity contribution in [2.45, 2.75) is 129 Å². The van der Waals surface area contributed by atoms with E-state index in [4.69, 9.17) is 13.6 Å². The molecule has 1 saturated carbocycles. The highest BCUT2D eigenvalue weighted by Gasteiger charge is 2.53. The summed E-state index contributed by atoms with van der Waals surface area (Å²) in [5, 5.41) is 13.3. The van der Waals surface area contributed by atoms with E-state index in [9.17, 15) is 9.90 Å². The van der Waals surface area contributed by atoms with E-state index in [1.165, 1.54) is 0 Å². The van der Waals surface area contributed by atoms with Crippen molar-refractivity contribution in [3.8, 4) is 0 Å². The largest absolute Gasteiger partial charge is 0.444 e. The van der Waals surface area contributed by atoms with Crippen LogP contribution in [0.25, 0.3) is 0 Å². The third-order valence-electron chi connectivity index (χ3n) is 7.15. The lowest BCUT2D eigenvalue weighted by atomic mass is 10.1. The molecule has 31 heavy (non-hydrogen) atoms. The predicted octanol–water partition coefficient (Wildman–Crippen LogP) is 5.67. The van der Waals surface area contributed by atoms with Gasteiger partial charge in [-0.1, -0.05) is 41.5 Å². The van der Waals surface area contributed by atoms with E-state index < -0.39 is 28.3 Å². The standard InChI is InChI=1S/C23H49NO5Si2/c1-21(2,3)27-20(26)24-17-14-16(15-25)18(28-30(10,11)22(4,5)6)19(17)29-31(12,13)23(7,8)9/h16-19,25H,14-15H2,1-13H3,(H,24,26)/t16-,17-,18+,19+/m1/s1. The Balaban J connectivity index is 3.29. The minimum Gasteiger partial charge on any atom is -0.444 e. The Morgan fingerprint density at radius 2 is 1.29 bits per heavy atom. The summed E-state index contributed by atoms with van der Waals surface area (Å²) in [7, 11) is -4.27. The van der Waals surface area contributed by atoms with Crippen molar-refractivity contribution in [2.75, 3.05) is 6.61 Å². The molecule has 0 heterocycles. The number of alkyl carbamates (subject to hydrolysis) is 1. The summed E-state index contributed by atoms with van der Waals surface area (Å²) in [6, 6.07) is -0.268. The van der Waals surface area contributed by atoms with Crippen LogP contribution in [0.15, 0.2) is 0 Å². The molecule has 4 atom stereocenters. The number of amides is 1. The summed E-state index contributed by atoms with van der Waals surface area (Å²) in [6.07, 6.45) is -0.431. The number of aliphatic hydroxyl groups excluding tert-OH is 1. The van der Waals surface area contributed by atoms with Crippen LogP contribution in [0.4, 0.5) is 4.79 Å². The Morgan fingerprint density at radius 3 is 1.65 bits per heavy atom. The fraction of sp³-hybridized carbons (Fsp3) is 0.957. The zero-order valence-corrected chi connectivity index (χ0v) is 24.3. The van der Waals surface area contributed by atoms with E-state index in [-0.39, 0.29) is 40.9 Å². The quantitative estimate of drug-likeness (QED) is 0.484. The first kappa shape index (κ1) is 28.6. The van der Waals surface area contributed by atoms with Crippen LogP contribution in [0.5, 0.6) is 0 Å². The number of ether oxygens (including phenoxy) is 1. The topological polar surface area (TPSA) is 77.0 Å². The predicted molar refractivity (Wildman–Crippen MR) is 132 cm³/mol. The molecule has 0 bridgehead atoms. The molecule has 0 spiro atoms. The second kappa shape index (κ2) is 9.45. The molecule has 0 aromatic carbocycles. The average molecular weight is 476 g/mol. The molecular formula is C23H49NO5Si2. The highest BCUT2D eigenvalue weighted by Crippen LogP contribution is 2.44. The van der Waals surface area contributed by atoms with Crippen molar-refractivity contribution in [1.82, 2.24) is 5.32 Å². The minimum atomic E-state index is -2.15. The maximum atomic E-state index is 12.6. The maximum absolute atomic E-state index is 12.6. The Bertz CT molecular complexity index is 617. The number of hydrogen-bond acceptors (Lipinski definition) is 5. The van der Waals surface area contributed by atoms with Gasteiger partial charge in [0.1, 0.15) is 5.60 Å². The molecular weight excluding hydrogens is 426 g/mol. The van der Waals surface area contributed by atoms with E-state index in [2.05, 4.69) is 73.0 Å². The van der Waals surface area contributed by atoms with Gasteiger partial charge in [0, 0.05) is 12.5 Å². The van der Waals surface area contributed by atoms with Gasteiger partial charge in [0.2, 0.25) is 0 Å². The zero-order chi connectivity index (χ0) is 24.6. The Morgan fingerprint density at radius 1 is 0.871 bits per heavy atom. The van der Waals surface area contributed by atoms with Crippen molar-refractivity contribution < 1.29 is 23.5 Å². The van der Waals surface area contributed by atoms with Gasteiger partial charge in [-0.15, -0.1) is 0 Å². The number of hydrogen-bond donors (Lipinski definition) is 2. The summed E-state index contributed by atoms with van der Waals surface area (Å²) in [5.41, 5.74) is -0.577. The molecule has 1 amide bonds. The first-order valence-electron chi connectivity index (χ1n) is 11.6.